The lowest BCUT2D eigenvalue weighted by atomic mass is 9.91. The van der Waals surface area contributed by atoms with Crippen LogP contribution < -0.4 is 11.1 Å². The Morgan fingerprint density at radius 3 is 2.53 bits per heavy atom. The molecule has 88 valence electrons. The molecule has 0 radical (unpaired) electrons. The monoisotopic (exact) mass is 212 g/mol. The summed E-state index contributed by atoms with van der Waals surface area (Å²) in [4.78, 5) is 11.6. The van der Waals surface area contributed by atoms with E-state index in [1.54, 1.807) is 0 Å². The van der Waals surface area contributed by atoms with Gasteiger partial charge in [-0.3, -0.25) is 4.79 Å². The van der Waals surface area contributed by atoms with Crippen molar-refractivity contribution in [2.24, 2.45) is 11.7 Å². The van der Waals surface area contributed by atoms with Crippen LogP contribution in [0.25, 0.3) is 0 Å². The fraction of sp³-hybridized carbons (Fsp3) is 0.917. The number of carbonyl (C=O) groups is 1. The van der Waals surface area contributed by atoms with Crippen molar-refractivity contribution in [2.75, 3.05) is 0 Å². The van der Waals surface area contributed by atoms with Crippen molar-refractivity contribution in [1.82, 2.24) is 5.32 Å². The van der Waals surface area contributed by atoms with Crippen molar-refractivity contribution in [3.05, 3.63) is 0 Å². The second-order valence-electron chi connectivity index (χ2n) is 4.90. The highest BCUT2D eigenvalue weighted by Crippen LogP contribution is 2.17. The largest absolute Gasteiger partial charge is 0.353 e. The predicted octanol–water partition coefficient (Wildman–Crippen LogP) is 1.81. The quantitative estimate of drug-likeness (QED) is 0.746. The minimum Gasteiger partial charge on any atom is -0.353 e. The van der Waals surface area contributed by atoms with E-state index in [9.17, 15) is 4.79 Å². The molecule has 1 atom stereocenters. The molecule has 1 amide bonds. The minimum atomic E-state index is 0.213. The predicted molar refractivity (Wildman–Crippen MR) is 62.4 cm³/mol. The van der Waals surface area contributed by atoms with E-state index in [4.69, 9.17) is 5.73 Å². The third-order valence-electron chi connectivity index (χ3n) is 3.37. The molecule has 3 nitrogen and oxygen atoms in total. The lowest BCUT2D eigenvalue weighted by Gasteiger charge is -2.27. The number of amides is 1. The second-order valence-corrected chi connectivity index (χ2v) is 4.90. The fourth-order valence-corrected chi connectivity index (χ4v) is 2.01. The van der Waals surface area contributed by atoms with E-state index in [0.717, 1.165) is 32.1 Å². The van der Waals surface area contributed by atoms with Gasteiger partial charge in [0.15, 0.2) is 0 Å². The van der Waals surface area contributed by atoms with Gasteiger partial charge < -0.3 is 11.1 Å². The number of nitrogens with one attached hydrogen (secondary N) is 1. The molecule has 0 spiro atoms. The molecule has 0 aromatic carbocycles. The van der Waals surface area contributed by atoms with Crippen LogP contribution in [-0.4, -0.2) is 18.0 Å². The van der Waals surface area contributed by atoms with E-state index >= 15 is 0 Å². The Bertz CT molecular complexity index is 198. The Morgan fingerprint density at radius 1 is 1.40 bits per heavy atom. The summed E-state index contributed by atoms with van der Waals surface area (Å²) in [5.74, 6) is 0.709. The molecular formula is C12H24N2O. The summed E-state index contributed by atoms with van der Waals surface area (Å²) in [5, 5.41) is 3.11. The first-order valence-electron chi connectivity index (χ1n) is 6.16. The van der Waals surface area contributed by atoms with Gasteiger partial charge in [0.1, 0.15) is 0 Å². The summed E-state index contributed by atoms with van der Waals surface area (Å²) in [6, 6.07) is 0.731. The Balaban J connectivity index is 2.20. The maximum absolute atomic E-state index is 11.6. The molecule has 0 aromatic heterocycles. The van der Waals surface area contributed by atoms with Crippen molar-refractivity contribution in [3.8, 4) is 0 Å². The van der Waals surface area contributed by atoms with Gasteiger partial charge in [0.25, 0.3) is 0 Å². The summed E-state index contributed by atoms with van der Waals surface area (Å²) in [7, 11) is 0. The van der Waals surface area contributed by atoms with E-state index in [2.05, 4.69) is 19.2 Å². The molecule has 3 heteroatoms. The zero-order valence-corrected chi connectivity index (χ0v) is 9.96. The van der Waals surface area contributed by atoms with Crippen LogP contribution in [0.3, 0.4) is 0 Å². The van der Waals surface area contributed by atoms with E-state index in [1.807, 2.05) is 0 Å². The molecule has 1 unspecified atom stereocenters. The Labute approximate surface area is 92.8 Å². The van der Waals surface area contributed by atoms with E-state index in [-0.39, 0.29) is 5.91 Å². The van der Waals surface area contributed by atoms with Gasteiger partial charge in [-0.2, -0.15) is 0 Å². The van der Waals surface area contributed by atoms with Crippen molar-refractivity contribution in [3.63, 3.8) is 0 Å². The third-order valence-corrected chi connectivity index (χ3v) is 3.37. The molecule has 0 bridgehead atoms. The average Bonchev–Trinajstić information content (AvgIpc) is 2.21. The van der Waals surface area contributed by atoms with E-state index in [1.165, 1.54) is 0 Å². The lowest BCUT2D eigenvalue weighted by molar-refractivity contribution is -0.122. The van der Waals surface area contributed by atoms with Gasteiger partial charge in [0, 0.05) is 18.5 Å². The highest BCUT2D eigenvalue weighted by molar-refractivity contribution is 5.76. The molecule has 1 saturated carbocycles. The molecule has 15 heavy (non-hydrogen) atoms. The van der Waals surface area contributed by atoms with Gasteiger partial charge >= 0.3 is 0 Å². The highest BCUT2D eigenvalue weighted by Gasteiger charge is 2.20. The molecule has 0 heterocycles. The van der Waals surface area contributed by atoms with Gasteiger partial charge in [-0.1, -0.05) is 20.3 Å². The first kappa shape index (κ1) is 12.5. The zero-order valence-electron chi connectivity index (χ0n) is 9.96. The van der Waals surface area contributed by atoms with Crippen molar-refractivity contribution in [2.45, 2.75) is 64.5 Å². The lowest BCUT2D eigenvalue weighted by Crippen LogP contribution is -2.40. The first-order chi connectivity index (χ1) is 7.11. The normalized spacial score (nSPS) is 28.5. The maximum atomic E-state index is 11.6. The number of hydrogen-bond acceptors (Lipinski definition) is 2. The number of rotatable bonds is 4. The second kappa shape index (κ2) is 6.11. The van der Waals surface area contributed by atoms with Crippen LogP contribution in [0.4, 0.5) is 0 Å². The van der Waals surface area contributed by atoms with Crippen LogP contribution in [-0.2, 0) is 4.79 Å². The van der Waals surface area contributed by atoms with Crippen molar-refractivity contribution in [1.29, 1.82) is 0 Å². The standard InChI is InChI=1S/C12H24N2O/c1-3-9(2)8-12(15)14-11-6-4-10(13)5-7-11/h9-11H,3-8,13H2,1-2H3,(H,14,15). The smallest absolute Gasteiger partial charge is 0.220 e. The summed E-state index contributed by atoms with van der Waals surface area (Å²) >= 11 is 0. The van der Waals surface area contributed by atoms with Gasteiger partial charge in [0.2, 0.25) is 5.91 Å². The SMILES string of the molecule is CCC(C)CC(=O)NC1CCC(N)CC1. The average molecular weight is 212 g/mol. The fourth-order valence-electron chi connectivity index (χ4n) is 2.01. The van der Waals surface area contributed by atoms with Gasteiger partial charge in [-0.25, -0.2) is 0 Å². The summed E-state index contributed by atoms with van der Waals surface area (Å²) in [6.45, 7) is 4.24. The first-order valence-corrected chi connectivity index (χ1v) is 6.16. The molecule has 0 saturated heterocycles. The topological polar surface area (TPSA) is 55.1 Å². The third kappa shape index (κ3) is 4.65. The highest BCUT2D eigenvalue weighted by atomic mass is 16.1. The molecule has 1 fully saturated rings. The Kier molecular flexibility index (Phi) is 5.09. The van der Waals surface area contributed by atoms with Gasteiger partial charge in [0.05, 0.1) is 0 Å². The van der Waals surface area contributed by atoms with E-state index in [0.29, 0.717) is 24.4 Å². The van der Waals surface area contributed by atoms with Crippen LogP contribution in [0.2, 0.25) is 0 Å². The molecular weight excluding hydrogens is 188 g/mol. The van der Waals surface area contributed by atoms with Crippen molar-refractivity contribution < 1.29 is 4.79 Å². The van der Waals surface area contributed by atoms with Gasteiger partial charge in [-0.05, 0) is 31.6 Å². The number of hydrogen-bond donors (Lipinski definition) is 2. The number of carbonyl (C=O) groups excluding carboxylic acids is 1. The summed E-state index contributed by atoms with van der Waals surface area (Å²) < 4.78 is 0. The van der Waals surface area contributed by atoms with Crippen LogP contribution >= 0.6 is 0 Å². The van der Waals surface area contributed by atoms with E-state index < -0.39 is 0 Å². The molecule has 1 rings (SSSR count). The molecule has 3 N–H and O–H groups in total. The zero-order chi connectivity index (χ0) is 11.3. The van der Waals surface area contributed by atoms with Crippen LogP contribution in [0, 0.1) is 5.92 Å². The van der Waals surface area contributed by atoms with Crippen LogP contribution in [0.5, 0.6) is 0 Å². The van der Waals surface area contributed by atoms with Crippen molar-refractivity contribution >= 4 is 5.91 Å². The molecule has 0 aromatic rings. The summed E-state index contributed by atoms with van der Waals surface area (Å²) in [6.07, 6.45) is 5.94. The maximum Gasteiger partial charge on any atom is 0.220 e. The molecule has 1 aliphatic carbocycles. The molecule has 0 aliphatic heterocycles. The Morgan fingerprint density at radius 2 is 2.00 bits per heavy atom. The molecule has 1 aliphatic rings. The van der Waals surface area contributed by atoms with Crippen LogP contribution in [0.15, 0.2) is 0 Å². The summed E-state index contributed by atoms with van der Waals surface area (Å²) in [5.41, 5.74) is 5.82. The Hall–Kier alpha value is -0.570. The van der Waals surface area contributed by atoms with Gasteiger partial charge in [-0.15, -0.1) is 0 Å². The minimum absolute atomic E-state index is 0.213. The van der Waals surface area contributed by atoms with Crippen LogP contribution in [0.1, 0.15) is 52.4 Å². The number of nitrogens with two attached hydrogens (primary N) is 1.